The molecule has 0 amide bonds. The first kappa shape index (κ1) is 13.8. The number of aromatic nitrogens is 2. The van der Waals surface area contributed by atoms with E-state index < -0.39 is 0 Å². The summed E-state index contributed by atoms with van der Waals surface area (Å²) in [5.74, 6) is 0.804. The molecule has 1 aromatic carbocycles. The number of ether oxygens (including phenoxy) is 2. The summed E-state index contributed by atoms with van der Waals surface area (Å²) >= 11 is 1.52. The molecule has 0 saturated carbocycles. The minimum atomic E-state index is 0.520. The lowest BCUT2D eigenvalue weighted by molar-refractivity contribution is 0.146. The van der Waals surface area contributed by atoms with Gasteiger partial charge in [0.1, 0.15) is 12.4 Å². The van der Waals surface area contributed by atoms with E-state index in [1.54, 1.807) is 7.11 Å². The van der Waals surface area contributed by atoms with E-state index in [0.29, 0.717) is 13.2 Å². The first-order chi connectivity index (χ1) is 9.35. The van der Waals surface area contributed by atoms with Gasteiger partial charge in [-0.05, 0) is 19.1 Å². The maximum absolute atomic E-state index is 5.69. The van der Waals surface area contributed by atoms with E-state index in [1.165, 1.54) is 11.3 Å². The van der Waals surface area contributed by atoms with Crippen LogP contribution in [0.4, 0.5) is 5.13 Å². The molecule has 1 aromatic heterocycles. The molecule has 2 rings (SSSR count). The van der Waals surface area contributed by atoms with Gasteiger partial charge in [-0.3, -0.25) is 0 Å². The SMILES string of the molecule is CCNc1nnc(-c2ccccc2OCCOC)s1. The molecule has 0 unspecified atom stereocenters. The summed E-state index contributed by atoms with van der Waals surface area (Å²) in [7, 11) is 1.66. The number of nitrogens with zero attached hydrogens (tertiary/aromatic N) is 2. The third-order valence-corrected chi connectivity index (χ3v) is 3.33. The average Bonchev–Trinajstić information content (AvgIpc) is 2.89. The van der Waals surface area contributed by atoms with E-state index in [4.69, 9.17) is 9.47 Å². The molecule has 0 spiro atoms. The smallest absolute Gasteiger partial charge is 0.205 e. The van der Waals surface area contributed by atoms with Crippen LogP contribution in [-0.4, -0.2) is 37.1 Å². The van der Waals surface area contributed by atoms with Crippen molar-refractivity contribution in [3.05, 3.63) is 24.3 Å². The second-order valence-corrected chi connectivity index (χ2v) is 4.76. The predicted octanol–water partition coefficient (Wildman–Crippen LogP) is 2.66. The molecule has 0 atom stereocenters. The molecule has 6 heteroatoms. The zero-order valence-corrected chi connectivity index (χ0v) is 11.9. The van der Waals surface area contributed by atoms with Crippen molar-refractivity contribution < 1.29 is 9.47 Å². The molecule has 0 radical (unpaired) electrons. The summed E-state index contributed by atoms with van der Waals surface area (Å²) in [6.07, 6.45) is 0. The van der Waals surface area contributed by atoms with Crippen molar-refractivity contribution in [3.63, 3.8) is 0 Å². The fraction of sp³-hybridized carbons (Fsp3) is 0.385. The van der Waals surface area contributed by atoms with Gasteiger partial charge in [-0.15, -0.1) is 10.2 Å². The van der Waals surface area contributed by atoms with Crippen LogP contribution in [0.15, 0.2) is 24.3 Å². The Balaban J connectivity index is 2.17. The summed E-state index contributed by atoms with van der Waals surface area (Å²) in [5, 5.41) is 13.1. The van der Waals surface area contributed by atoms with Gasteiger partial charge >= 0.3 is 0 Å². The van der Waals surface area contributed by atoms with Crippen molar-refractivity contribution in [1.29, 1.82) is 0 Å². The lowest BCUT2D eigenvalue weighted by Crippen LogP contribution is -2.04. The summed E-state index contributed by atoms with van der Waals surface area (Å²) in [6, 6.07) is 7.82. The molecule has 102 valence electrons. The van der Waals surface area contributed by atoms with Crippen LogP contribution < -0.4 is 10.1 Å². The zero-order chi connectivity index (χ0) is 13.5. The van der Waals surface area contributed by atoms with Crippen LogP contribution in [0.2, 0.25) is 0 Å². The van der Waals surface area contributed by atoms with Crippen LogP contribution in [0, 0.1) is 0 Å². The molecular weight excluding hydrogens is 262 g/mol. The number of para-hydroxylation sites is 1. The molecule has 1 heterocycles. The number of hydrogen-bond acceptors (Lipinski definition) is 6. The lowest BCUT2D eigenvalue weighted by Gasteiger charge is -2.08. The number of rotatable bonds is 7. The summed E-state index contributed by atoms with van der Waals surface area (Å²) in [6.45, 7) is 3.95. The van der Waals surface area contributed by atoms with Crippen LogP contribution in [0.3, 0.4) is 0 Å². The van der Waals surface area contributed by atoms with Crippen molar-refractivity contribution in [2.24, 2.45) is 0 Å². The van der Waals surface area contributed by atoms with Crippen LogP contribution in [0.25, 0.3) is 10.6 Å². The molecule has 19 heavy (non-hydrogen) atoms. The van der Waals surface area contributed by atoms with E-state index in [-0.39, 0.29) is 0 Å². The van der Waals surface area contributed by atoms with Crippen LogP contribution in [-0.2, 0) is 4.74 Å². The standard InChI is InChI=1S/C13H17N3O2S/c1-3-14-13-16-15-12(19-13)10-6-4-5-7-11(10)18-9-8-17-2/h4-7H,3,8-9H2,1-2H3,(H,14,16). The van der Waals surface area contributed by atoms with Crippen LogP contribution in [0.5, 0.6) is 5.75 Å². The maximum atomic E-state index is 5.69. The van der Waals surface area contributed by atoms with Gasteiger partial charge in [0.2, 0.25) is 5.13 Å². The second-order valence-electron chi connectivity index (χ2n) is 3.78. The number of nitrogens with one attached hydrogen (secondary N) is 1. The Morgan fingerprint density at radius 3 is 2.84 bits per heavy atom. The van der Waals surface area contributed by atoms with Gasteiger partial charge < -0.3 is 14.8 Å². The van der Waals surface area contributed by atoms with Gasteiger partial charge in [-0.25, -0.2) is 0 Å². The Kier molecular flexibility index (Phi) is 5.11. The van der Waals surface area contributed by atoms with E-state index >= 15 is 0 Å². The van der Waals surface area contributed by atoms with E-state index in [0.717, 1.165) is 28.0 Å². The first-order valence-corrected chi connectivity index (χ1v) is 6.95. The highest BCUT2D eigenvalue weighted by Crippen LogP contribution is 2.33. The third-order valence-electron chi connectivity index (χ3n) is 2.42. The zero-order valence-electron chi connectivity index (χ0n) is 11.0. The summed E-state index contributed by atoms with van der Waals surface area (Å²) < 4.78 is 10.7. The van der Waals surface area contributed by atoms with Gasteiger partial charge in [0.05, 0.1) is 12.2 Å². The van der Waals surface area contributed by atoms with Gasteiger partial charge in [0, 0.05) is 13.7 Å². The predicted molar refractivity (Wildman–Crippen MR) is 76.9 cm³/mol. The molecule has 2 aromatic rings. The fourth-order valence-corrected chi connectivity index (χ4v) is 2.40. The molecule has 0 saturated heterocycles. The van der Waals surface area contributed by atoms with Crippen molar-refractivity contribution in [2.75, 3.05) is 32.2 Å². The van der Waals surface area contributed by atoms with Crippen molar-refractivity contribution >= 4 is 16.5 Å². The maximum Gasteiger partial charge on any atom is 0.205 e. The summed E-state index contributed by atoms with van der Waals surface area (Å²) in [4.78, 5) is 0. The van der Waals surface area contributed by atoms with Gasteiger partial charge in [0.25, 0.3) is 0 Å². The number of hydrogen-bond donors (Lipinski definition) is 1. The Morgan fingerprint density at radius 1 is 1.21 bits per heavy atom. The number of benzene rings is 1. The molecule has 5 nitrogen and oxygen atoms in total. The minimum absolute atomic E-state index is 0.520. The van der Waals surface area contributed by atoms with Crippen LogP contribution >= 0.6 is 11.3 Å². The first-order valence-electron chi connectivity index (χ1n) is 6.13. The molecule has 0 aliphatic heterocycles. The third kappa shape index (κ3) is 3.65. The Morgan fingerprint density at radius 2 is 2.05 bits per heavy atom. The van der Waals surface area contributed by atoms with E-state index in [1.807, 2.05) is 31.2 Å². The summed E-state index contributed by atoms with van der Waals surface area (Å²) in [5.41, 5.74) is 0.959. The van der Waals surface area contributed by atoms with Gasteiger partial charge in [0.15, 0.2) is 5.01 Å². The largest absolute Gasteiger partial charge is 0.490 e. The Hall–Kier alpha value is -1.66. The Bertz CT molecular complexity index is 516. The minimum Gasteiger partial charge on any atom is -0.490 e. The molecule has 1 N–H and O–H groups in total. The highest BCUT2D eigenvalue weighted by molar-refractivity contribution is 7.18. The van der Waals surface area contributed by atoms with Gasteiger partial charge in [-0.2, -0.15) is 0 Å². The van der Waals surface area contributed by atoms with Crippen molar-refractivity contribution in [1.82, 2.24) is 10.2 Å². The highest BCUT2D eigenvalue weighted by atomic mass is 32.1. The topological polar surface area (TPSA) is 56.3 Å². The van der Waals surface area contributed by atoms with Crippen molar-refractivity contribution in [2.45, 2.75) is 6.92 Å². The molecule has 0 fully saturated rings. The number of anilines is 1. The van der Waals surface area contributed by atoms with Crippen molar-refractivity contribution in [3.8, 4) is 16.3 Å². The quantitative estimate of drug-likeness (QED) is 0.790. The molecular formula is C13H17N3O2S. The second kappa shape index (κ2) is 7.06. The Labute approximate surface area is 116 Å². The molecule has 0 aliphatic rings. The fourth-order valence-electron chi connectivity index (χ4n) is 1.56. The molecule has 0 bridgehead atoms. The van der Waals surface area contributed by atoms with E-state index in [9.17, 15) is 0 Å². The normalized spacial score (nSPS) is 10.4. The highest BCUT2D eigenvalue weighted by Gasteiger charge is 2.11. The van der Waals surface area contributed by atoms with E-state index in [2.05, 4.69) is 15.5 Å². The lowest BCUT2D eigenvalue weighted by atomic mass is 10.2. The molecule has 0 aliphatic carbocycles. The number of methoxy groups -OCH3 is 1. The van der Waals surface area contributed by atoms with Crippen LogP contribution in [0.1, 0.15) is 6.92 Å². The average molecular weight is 279 g/mol. The van der Waals surface area contributed by atoms with Gasteiger partial charge in [-0.1, -0.05) is 23.5 Å². The monoisotopic (exact) mass is 279 g/mol.